The molecule has 0 amide bonds. The van der Waals surface area contributed by atoms with Crippen LogP contribution in [0.4, 0.5) is 0 Å². The van der Waals surface area contributed by atoms with Gasteiger partial charge in [-0.2, -0.15) is 0 Å². The summed E-state index contributed by atoms with van der Waals surface area (Å²) in [6.45, 7) is 4.81. The molecule has 3 N–H and O–H groups in total. The summed E-state index contributed by atoms with van der Waals surface area (Å²) in [5, 5.41) is 3.27. The summed E-state index contributed by atoms with van der Waals surface area (Å²) in [4.78, 5) is 0. The van der Waals surface area contributed by atoms with Crippen molar-refractivity contribution in [2.45, 2.75) is 0 Å². The van der Waals surface area contributed by atoms with Crippen LogP contribution in [0.3, 0.4) is 0 Å². The van der Waals surface area contributed by atoms with Crippen molar-refractivity contribution in [1.82, 2.24) is 5.32 Å². The third kappa shape index (κ3) is 6.56. The number of nitrogens with one attached hydrogen (secondary N) is 1. The number of hydrogen-bond donors (Lipinski definition) is 2. The molecule has 0 atom stereocenters. The van der Waals surface area contributed by atoms with E-state index >= 15 is 0 Å². The van der Waals surface area contributed by atoms with Crippen LogP contribution in [0, 0.1) is 0 Å². The van der Waals surface area contributed by atoms with E-state index in [1.165, 1.54) is 5.57 Å². The monoisotopic (exact) mass is 224 g/mol. The Bertz CT molecular complexity index is 268. The van der Waals surface area contributed by atoms with Crippen LogP contribution < -0.4 is 11.1 Å². The minimum atomic E-state index is 0.567. The normalized spacial score (nSPS) is 13.4. The molecule has 0 aromatic heterocycles. The molecule has 0 saturated carbocycles. The van der Waals surface area contributed by atoms with Crippen LogP contribution in [0.15, 0.2) is 29.5 Å². The van der Waals surface area contributed by atoms with Crippen LogP contribution in [-0.4, -0.2) is 46.1 Å². The van der Waals surface area contributed by atoms with E-state index in [0.29, 0.717) is 33.0 Å². The lowest BCUT2D eigenvalue weighted by Gasteiger charge is -2.06. The second-order valence-corrected chi connectivity index (χ2v) is 3.39. The third-order valence-electron chi connectivity index (χ3n) is 2.04. The molecule has 0 heterocycles. The first-order valence-corrected chi connectivity index (χ1v) is 5.62. The van der Waals surface area contributed by atoms with E-state index < -0.39 is 0 Å². The van der Waals surface area contributed by atoms with E-state index in [1.54, 1.807) is 0 Å². The first-order chi connectivity index (χ1) is 7.93. The van der Waals surface area contributed by atoms with Crippen LogP contribution in [0.25, 0.3) is 0 Å². The van der Waals surface area contributed by atoms with Gasteiger partial charge in [-0.05, 0) is 12.2 Å². The first-order valence-electron chi connectivity index (χ1n) is 5.62. The lowest BCUT2D eigenvalue weighted by Crippen LogP contribution is -2.22. The summed E-state index contributed by atoms with van der Waals surface area (Å²) in [5.74, 6) is 0. The highest BCUT2D eigenvalue weighted by Gasteiger charge is 1.94. The molecular formula is C12H20N2O2. The topological polar surface area (TPSA) is 56.5 Å². The van der Waals surface area contributed by atoms with E-state index in [-0.39, 0.29) is 0 Å². The van der Waals surface area contributed by atoms with Crippen molar-refractivity contribution in [2.24, 2.45) is 5.73 Å². The molecule has 4 heteroatoms. The van der Waals surface area contributed by atoms with E-state index in [2.05, 4.69) is 17.1 Å². The Morgan fingerprint density at radius 3 is 2.69 bits per heavy atom. The molecule has 16 heavy (non-hydrogen) atoms. The largest absolute Gasteiger partial charge is 0.378 e. The minimum absolute atomic E-state index is 0.567. The van der Waals surface area contributed by atoms with Crippen molar-refractivity contribution in [3.63, 3.8) is 0 Å². The Kier molecular flexibility index (Phi) is 7.68. The molecule has 0 aromatic carbocycles. The maximum atomic E-state index is 5.36. The molecule has 90 valence electrons. The SMILES string of the molecule is NCCOCCOCCNCC1=C=CC=C1. The molecule has 0 radical (unpaired) electrons. The maximum Gasteiger partial charge on any atom is 0.0701 e. The second-order valence-electron chi connectivity index (χ2n) is 3.39. The highest BCUT2D eigenvalue weighted by molar-refractivity contribution is 5.29. The molecule has 1 aliphatic rings. The summed E-state index contributed by atoms with van der Waals surface area (Å²) in [6.07, 6.45) is 5.96. The van der Waals surface area contributed by atoms with E-state index in [1.807, 2.05) is 12.2 Å². The Hall–Kier alpha value is -0.900. The van der Waals surface area contributed by atoms with Crippen molar-refractivity contribution >= 4 is 0 Å². The van der Waals surface area contributed by atoms with E-state index in [4.69, 9.17) is 15.2 Å². The van der Waals surface area contributed by atoms with Gasteiger partial charge < -0.3 is 20.5 Å². The average molecular weight is 224 g/mol. The lowest BCUT2D eigenvalue weighted by atomic mass is 10.3. The predicted octanol–water partition coefficient (Wildman–Crippen LogP) is 0.219. The Balaban J connectivity index is 1.78. The standard InChI is InChI=1S/C12H20N2O2/c13-5-7-15-9-10-16-8-6-14-11-12-3-1-2-4-12/h1-3,14H,5-11,13H2. The van der Waals surface area contributed by atoms with Gasteiger partial charge in [-0.3, -0.25) is 0 Å². The van der Waals surface area contributed by atoms with Gasteiger partial charge in [-0.15, -0.1) is 5.73 Å². The van der Waals surface area contributed by atoms with Crippen LogP contribution in [0.2, 0.25) is 0 Å². The van der Waals surface area contributed by atoms with Crippen molar-refractivity contribution < 1.29 is 9.47 Å². The van der Waals surface area contributed by atoms with Gasteiger partial charge in [0.15, 0.2) is 0 Å². The van der Waals surface area contributed by atoms with Crippen LogP contribution in [0.5, 0.6) is 0 Å². The molecule has 0 aliphatic heterocycles. The fraction of sp³-hybridized carbons (Fsp3) is 0.583. The van der Waals surface area contributed by atoms with Gasteiger partial charge in [0.2, 0.25) is 0 Å². The molecule has 0 unspecified atom stereocenters. The first kappa shape index (κ1) is 13.2. The zero-order valence-corrected chi connectivity index (χ0v) is 9.58. The van der Waals surface area contributed by atoms with E-state index in [9.17, 15) is 0 Å². The van der Waals surface area contributed by atoms with E-state index in [0.717, 1.165) is 13.1 Å². The number of nitrogens with two attached hydrogens (primary N) is 1. The highest BCUT2D eigenvalue weighted by Crippen LogP contribution is 1.98. The Morgan fingerprint density at radius 1 is 1.19 bits per heavy atom. The minimum Gasteiger partial charge on any atom is -0.378 e. The molecule has 1 rings (SSSR count). The predicted molar refractivity (Wildman–Crippen MR) is 64.3 cm³/mol. The van der Waals surface area contributed by atoms with Gasteiger partial charge in [-0.1, -0.05) is 6.08 Å². The summed E-state index contributed by atoms with van der Waals surface area (Å²) in [5.41, 5.74) is 9.59. The van der Waals surface area contributed by atoms with Gasteiger partial charge in [0.05, 0.1) is 26.4 Å². The van der Waals surface area contributed by atoms with Gasteiger partial charge in [0, 0.05) is 25.2 Å². The Morgan fingerprint density at radius 2 is 2.00 bits per heavy atom. The van der Waals surface area contributed by atoms with Gasteiger partial charge in [0.1, 0.15) is 0 Å². The quantitative estimate of drug-likeness (QED) is 0.412. The molecule has 0 spiro atoms. The van der Waals surface area contributed by atoms with Crippen molar-refractivity contribution in [2.75, 3.05) is 46.1 Å². The van der Waals surface area contributed by atoms with Crippen molar-refractivity contribution in [1.29, 1.82) is 0 Å². The van der Waals surface area contributed by atoms with Gasteiger partial charge in [0.25, 0.3) is 0 Å². The Labute approximate surface area is 96.8 Å². The molecule has 0 saturated heterocycles. The smallest absolute Gasteiger partial charge is 0.0701 e. The number of rotatable bonds is 10. The summed E-state index contributed by atoms with van der Waals surface area (Å²) in [7, 11) is 0. The fourth-order valence-corrected chi connectivity index (χ4v) is 1.25. The van der Waals surface area contributed by atoms with Crippen LogP contribution in [-0.2, 0) is 9.47 Å². The molecular weight excluding hydrogens is 204 g/mol. The number of allylic oxidation sites excluding steroid dienone is 1. The highest BCUT2D eigenvalue weighted by atomic mass is 16.5. The summed E-state index contributed by atoms with van der Waals surface area (Å²) >= 11 is 0. The molecule has 1 aliphatic carbocycles. The van der Waals surface area contributed by atoms with Crippen molar-refractivity contribution in [3.8, 4) is 0 Å². The lowest BCUT2D eigenvalue weighted by molar-refractivity contribution is 0.0520. The molecule has 0 bridgehead atoms. The summed E-state index contributed by atoms with van der Waals surface area (Å²) < 4.78 is 10.5. The summed E-state index contributed by atoms with van der Waals surface area (Å²) in [6, 6.07) is 0. The fourth-order valence-electron chi connectivity index (χ4n) is 1.25. The van der Waals surface area contributed by atoms with Crippen molar-refractivity contribution in [3.05, 3.63) is 29.5 Å². The molecule has 4 nitrogen and oxygen atoms in total. The van der Waals surface area contributed by atoms with Gasteiger partial charge in [-0.25, -0.2) is 0 Å². The second kappa shape index (κ2) is 9.33. The number of hydrogen-bond acceptors (Lipinski definition) is 4. The van der Waals surface area contributed by atoms with Crippen LogP contribution in [0.1, 0.15) is 0 Å². The average Bonchev–Trinajstić information content (AvgIpc) is 2.80. The zero-order chi connectivity index (χ0) is 11.5. The zero-order valence-electron chi connectivity index (χ0n) is 9.58. The van der Waals surface area contributed by atoms with Gasteiger partial charge >= 0.3 is 0 Å². The molecule has 0 aromatic rings. The molecule has 0 fully saturated rings. The maximum absolute atomic E-state index is 5.36. The van der Waals surface area contributed by atoms with Crippen LogP contribution >= 0.6 is 0 Å². The third-order valence-corrected chi connectivity index (χ3v) is 2.04. The number of ether oxygens (including phenoxy) is 2.